The number of piperidine rings is 1. The first-order valence-electron chi connectivity index (χ1n) is 6.38. The van der Waals surface area contributed by atoms with Crippen molar-refractivity contribution in [2.75, 3.05) is 18.4 Å². The van der Waals surface area contributed by atoms with E-state index >= 15 is 0 Å². The summed E-state index contributed by atoms with van der Waals surface area (Å²) in [6, 6.07) is 5.66. The molecule has 1 atom stereocenters. The van der Waals surface area contributed by atoms with E-state index in [0.717, 1.165) is 19.4 Å². The van der Waals surface area contributed by atoms with Gasteiger partial charge in [0.25, 0.3) is 0 Å². The van der Waals surface area contributed by atoms with Crippen LogP contribution >= 0.6 is 0 Å². The summed E-state index contributed by atoms with van der Waals surface area (Å²) >= 11 is 0. The summed E-state index contributed by atoms with van der Waals surface area (Å²) in [5, 5.41) is 2.75. The highest BCUT2D eigenvalue weighted by Gasteiger charge is 2.26. The van der Waals surface area contributed by atoms with Crippen molar-refractivity contribution in [2.45, 2.75) is 19.8 Å². The van der Waals surface area contributed by atoms with Gasteiger partial charge in [-0.15, -0.1) is 0 Å². The van der Waals surface area contributed by atoms with Crippen LogP contribution in [0, 0.1) is 11.7 Å². The van der Waals surface area contributed by atoms with Crippen molar-refractivity contribution in [1.29, 1.82) is 0 Å². The second-order valence-electron chi connectivity index (χ2n) is 4.80. The summed E-state index contributed by atoms with van der Waals surface area (Å²) in [7, 11) is 0. The molecule has 2 amide bonds. The number of nitrogens with one attached hydrogen (secondary N) is 1. The molecule has 1 aliphatic rings. The first-order chi connectivity index (χ1) is 9.06. The van der Waals surface area contributed by atoms with Crippen LogP contribution in [0.4, 0.5) is 10.1 Å². The van der Waals surface area contributed by atoms with Crippen molar-refractivity contribution < 1.29 is 14.0 Å². The molecule has 0 aromatic heterocycles. The number of hydrogen-bond donors (Lipinski definition) is 1. The Labute approximate surface area is 111 Å². The number of halogens is 1. The molecule has 0 aliphatic carbocycles. The van der Waals surface area contributed by atoms with Crippen LogP contribution in [0.25, 0.3) is 0 Å². The third-order valence-corrected chi connectivity index (χ3v) is 3.35. The van der Waals surface area contributed by atoms with Gasteiger partial charge >= 0.3 is 0 Å². The Kier molecular flexibility index (Phi) is 4.14. The van der Waals surface area contributed by atoms with Gasteiger partial charge in [0.15, 0.2) is 0 Å². The summed E-state index contributed by atoms with van der Waals surface area (Å²) in [4.78, 5) is 25.1. The second kappa shape index (κ2) is 5.82. The molecule has 102 valence electrons. The fourth-order valence-electron chi connectivity index (χ4n) is 2.25. The lowest BCUT2D eigenvalue weighted by Gasteiger charge is -2.31. The topological polar surface area (TPSA) is 49.4 Å². The van der Waals surface area contributed by atoms with Crippen LogP contribution in [0.3, 0.4) is 0 Å². The molecule has 0 radical (unpaired) electrons. The van der Waals surface area contributed by atoms with Crippen LogP contribution in [0.5, 0.6) is 0 Å². The minimum Gasteiger partial charge on any atom is -0.342 e. The summed E-state index contributed by atoms with van der Waals surface area (Å²) in [5.41, 5.74) is 0.575. The molecule has 0 unspecified atom stereocenters. The molecule has 1 N–H and O–H groups in total. The molecule has 19 heavy (non-hydrogen) atoms. The van der Waals surface area contributed by atoms with Crippen LogP contribution in [-0.4, -0.2) is 29.8 Å². The van der Waals surface area contributed by atoms with Gasteiger partial charge < -0.3 is 10.2 Å². The van der Waals surface area contributed by atoms with Crippen LogP contribution in [0.2, 0.25) is 0 Å². The molecule has 0 spiro atoms. The van der Waals surface area contributed by atoms with E-state index in [1.165, 1.54) is 31.2 Å². The van der Waals surface area contributed by atoms with Gasteiger partial charge in [-0.05, 0) is 37.1 Å². The highest BCUT2D eigenvalue weighted by molar-refractivity contribution is 5.93. The van der Waals surface area contributed by atoms with E-state index in [1.807, 2.05) is 0 Å². The molecular weight excluding hydrogens is 247 g/mol. The standard InChI is InChI=1S/C14H17FN2O2/c1-10(18)17-8-2-3-11(9-17)14(19)16-13-6-4-12(15)5-7-13/h4-7,11H,2-3,8-9H2,1H3,(H,16,19)/t11-/m1/s1. The second-order valence-corrected chi connectivity index (χ2v) is 4.80. The Bertz CT molecular complexity index is 473. The third kappa shape index (κ3) is 3.53. The molecule has 5 heteroatoms. The number of benzene rings is 1. The molecule has 2 rings (SSSR count). The van der Waals surface area contributed by atoms with Crippen LogP contribution in [-0.2, 0) is 9.59 Å². The van der Waals surface area contributed by atoms with E-state index in [-0.39, 0.29) is 23.5 Å². The van der Waals surface area contributed by atoms with Gasteiger partial charge in [-0.25, -0.2) is 4.39 Å². The molecule has 0 bridgehead atoms. The lowest BCUT2D eigenvalue weighted by molar-refractivity contribution is -0.132. The van der Waals surface area contributed by atoms with E-state index in [4.69, 9.17) is 0 Å². The molecule has 1 saturated heterocycles. The van der Waals surface area contributed by atoms with E-state index in [9.17, 15) is 14.0 Å². The largest absolute Gasteiger partial charge is 0.342 e. The molecule has 4 nitrogen and oxygen atoms in total. The summed E-state index contributed by atoms with van der Waals surface area (Å²) in [5.74, 6) is -0.641. The Morgan fingerprint density at radius 2 is 2.00 bits per heavy atom. The number of carbonyl (C=O) groups excluding carboxylic acids is 2. The number of carbonyl (C=O) groups is 2. The summed E-state index contributed by atoms with van der Waals surface area (Å²) in [6.07, 6.45) is 1.61. The smallest absolute Gasteiger partial charge is 0.229 e. The van der Waals surface area contributed by atoms with Gasteiger partial charge in [0, 0.05) is 25.7 Å². The zero-order valence-electron chi connectivity index (χ0n) is 10.9. The number of nitrogens with zero attached hydrogens (tertiary/aromatic N) is 1. The maximum absolute atomic E-state index is 12.8. The van der Waals surface area contributed by atoms with Gasteiger partial charge in [0.05, 0.1) is 5.92 Å². The number of rotatable bonds is 2. The summed E-state index contributed by atoms with van der Waals surface area (Å²) < 4.78 is 12.8. The first-order valence-corrected chi connectivity index (χ1v) is 6.38. The zero-order chi connectivity index (χ0) is 13.8. The Morgan fingerprint density at radius 1 is 1.32 bits per heavy atom. The molecule has 1 fully saturated rings. The Hall–Kier alpha value is -1.91. The molecule has 1 heterocycles. The Morgan fingerprint density at radius 3 is 2.63 bits per heavy atom. The van der Waals surface area contributed by atoms with Crippen molar-refractivity contribution in [3.8, 4) is 0 Å². The van der Waals surface area contributed by atoms with Crippen molar-refractivity contribution in [3.05, 3.63) is 30.1 Å². The average Bonchev–Trinajstić information content (AvgIpc) is 2.41. The van der Waals surface area contributed by atoms with Crippen molar-refractivity contribution >= 4 is 17.5 Å². The maximum atomic E-state index is 12.8. The number of hydrogen-bond acceptors (Lipinski definition) is 2. The van der Waals surface area contributed by atoms with Gasteiger partial charge in [0.1, 0.15) is 5.82 Å². The SMILES string of the molecule is CC(=O)N1CCC[C@@H](C(=O)Nc2ccc(F)cc2)C1. The highest BCUT2D eigenvalue weighted by atomic mass is 19.1. The van der Waals surface area contributed by atoms with Crippen molar-refractivity contribution in [1.82, 2.24) is 4.90 Å². The number of amides is 2. The predicted molar refractivity (Wildman–Crippen MR) is 70.0 cm³/mol. The van der Waals surface area contributed by atoms with E-state index in [1.54, 1.807) is 4.90 Å². The third-order valence-electron chi connectivity index (χ3n) is 3.35. The van der Waals surface area contributed by atoms with Gasteiger partial charge in [-0.2, -0.15) is 0 Å². The maximum Gasteiger partial charge on any atom is 0.229 e. The summed E-state index contributed by atoms with van der Waals surface area (Å²) in [6.45, 7) is 2.69. The van der Waals surface area contributed by atoms with E-state index in [2.05, 4.69) is 5.32 Å². The number of anilines is 1. The lowest BCUT2D eigenvalue weighted by atomic mass is 9.97. The van der Waals surface area contributed by atoms with Gasteiger partial charge in [0.2, 0.25) is 11.8 Å². The Balaban J connectivity index is 1.96. The quantitative estimate of drug-likeness (QED) is 0.888. The highest BCUT2D eigenvalue weighted by Crippen LogP contribution is 2.19. The van der Waals surface area contributed by atoms with E-state index < -0.39 is 0 Å². The molecule has 0 saturated carbocycles. The monoisotopic (exact) mass is 264 g/mol. The fraction of sp³-hybridized carbons (Fsp3) is 0.429. The molecule has 1 aromatic rings. The lowest BCUT2D eigenvalue weighted by Crippen LogP contribution is -2.42. The average molecular weight is 264 g/mol. The minimum atomic E-state index is -0.335. The van der Waals surface area contributed by atoms with Gasteiger partial charge in [-0.1, -0.05) is 0 Å². The predicted octanol–water partition coefficient (Wildman–Crippen LogP) is 2.02. The van der Waals surface area contributed by atoms with Crippen LogP contribution < -0.4 is 5.32 Å². The zero-order valence-corrected chi connectivity index (χ0v) is 10.9. The van der Waals surface area contributed by atoms with E-state index in [0.29, 0.717) is 12.2 Å². The van der Waals surface area contributed by atoms with Crippen molar-refractivity contribution in [2.24, 2.45) is 5.92 Å². The normalized spacial score (nSPS) is 19.1. The van der Waals surface area contributed by atoms with Crippen molar-refractivity contribution in [3.63, 3.8) is 0 Å². The molecular formula is C14H17FN2O2. The first kappa shape index (κ1) is 13.5. The minimum absolute atomic E-state index is 0.000665. The molecule has 1 aliphatic heterocycles. The molecule has 1 aromatic carbocycles. The van der Waals surface area contributed by atoms with Crippen LogP contribution in [0.15, 0.2) is 24.3 Å². The van der Waals surface area contributed by atoms with Crippen LogP contribution in [0.1, 0.15) is 19.8 Å². The number of likely N-dealkylation sites (tertiary alicyclic amines) is 1. The van der Waals surface area contributed by atoms with Gasteiger partial charge in [-0.3, -0.25) is 9.59 Å². The fourth-order valence-corrected chi connectivity index (χ4v) is 2.25.